The minimum absolute atomic E-state index is 0.645. The molecule has 1 atom stereocenters. The van der Waals surface area contributed by atoms with E-state index in [9.17, 15) is 0 Å². The third kappa shape index (κ3) is 3.99. The number of hydrogen-bond donors (Lipinski definition) is 1. The first-order chi connectivity index (χ1) is 10.1. The predicted octanol–water partition coefficient (Wildman–Crippen LogP) is 3.23. The van der Waals surface area contributed by atoms with Crippen LogP contribution >= 0.6 is 15.9 Å². The Balaban J connectivity index is 1.68. The van der Waals surface area contributed by atoms with Gasteiger partial charge >= 0.3 is 0 Å². The summed E-state index contributed by atoms with van der Waals surface area (Å²) in [6.45, 7) is 3.30. The Bertz CT molecular complexity index is 485. The molecule has 0 radical (unpaired) electrons. The highest BCUT2D eigenvalue weighted by molar-refractivity contribution is 9.10. The maximum Gasteiger partial charge on any atom is 0.0513 e. The molecule has 1 heterocycles. The third-order valence-corrected chi connectivity index (χ3v) is 5.08. The van der Waals surface area contributed by atoms with E-state index in [1.165, 1.54) is 48.0 Å². The van der Waals surface area contributed by atoms with Gasteiger partial charge in [-0.25, -0.2) is 0 Å². The van der Waals surface area contributed by atoms with Crippen LogP contribution in [0.1, 0.15) is 31.2 Å². The van der Waals surface area contributed by atoms with Gasteiger partial charge in [0.15, 0.2) is 0 Å². The van der Waals surface area contributed by atoms with Crippen LogP contribution in [0.25, 0.3) is 0 Å². The molecule has 1 aliphatic carbocycles. The SMILES string of the molecule is CN(C)CC1CCCN1c1ccc(CNC2CC2)cc1Br. The lowest BCUT2D eigenvalue weighted by Crippen LogP contribution is -2.37. The second kappa shape index (κ2) is 6.67. The molecule has 1 N–H and O–H groups in total. The van der Waals surface area contributed by atoms with Crippen LogP contribution in [-0.2, 0) is 6.54 Å². The van der Waals surface area contributed by atoms with Crippen LogP contribution in [0.5, 0.6) is 0 Å². The summed E-state index contributed by atoms with van der Waals surface area (Å²) in [4.78, 5) is 4.87. The Kier molecular flexibility index (Phi) is 4.87. The monoisotopic (exact) mass is 351 g/mol. The molecule has 1 saturated heterocycles. The molecular formula is C17H26BrN3. The lowest BCUT2D eigenvalue weighted by Gasteiger charge is -2.30. The molecule has 3 nitrogen and oxygen atoms in total. The van der Waals surface area contributed by atoms with Gasteiger partial charge in [0.25, 0.3) is 0 Å². The van der Waals surface area contributed by atoms with Crippen molar-refractivity contribution in [3.05, 3.63) is 28.2 Å². The first-order valence-electron chi connectivity index (χ1n) is 8.06. The quantitative estimate of drug-likeness (QED) is 0.848. The van der Waals surface area contributed by atoms with Crippen LogP contribution in [0.4, 0.5) is 5.69 Å². The number of nitrogens with one attached hydrogen (secondary N) is 1. The summed E-state index contributed by atoms with van der Waals surface area (Å²) in [6, 6.07) is 8.27. The molecule has 2 fully saturated rings. The Labute approximate surface area is 136 Å². The van der Waals surface area contributed by atoms with E-state index in [2.05, 4.69) is 63.3 Å². The standard InChI is InChI=1S/C17H26BrN3/c1-20(2)12-15-4-3-9-21(15)17-8-5-13(10-16(17)18)11-19-14-6-7-14/h5,8,10,14-15,19H,3-4,6-7,9,11-12H2,1-2H3. The first kappa shape index (κ1) is 15.3. The molecule has 3 rings (SSSR count). The highest BCUT2D eigenvalue weighted by atomic mass is 79.9. The number of halogens is 1. The smallest absolute Gasteiger partial charge is 0.0513 e. The van der Waals surface area contributed by atoms with E-state index in [1.807, 2.05) is 0 Å². The van der Waals surface area contributed by atoms with E-state index in [1.54, 1.807) is 0 Å². The predicted molar refractivity (Wildman–Crippen MR) is 92.9 cm³/mol. The fourth-order valence-electron chi connectivity index (χ4n) is 3.21. The molecule has 1 aliphatic heterocycles. The van der Waals surface area contributed by atoms with Crippen molar-refractivity contribution in [2.24, 2.45) is 0 Å². The van der Waals surface area contributed by atoms with Crippen molar-refractivity contribution in [3.8, 4) is 0 Å². The number of nitrogens with zero attached hydrogens (tertiary/aromatic N) is 2. The minimum Gasteiger partial charge on any atom is -0.366 e. The normalized spacial score (nSPS) is 22.3. The first-order valence-corrected chi connectivity index (χ1v) is 8.86. The van der Waals surface area contributed by atoms with Crippen LogP contribution < -0.4 is 10.2 Å². The summed E-state index contributed by atoms with van der Waals surface area (Å²) in [6.07, 6.45) is 5.30. The Morgan fingerprint density at radius 2 is 2.10 bits per heavy atom. The van der Waals surface area contributed by atoms with Gasteiger partial charge in [0.2, 0.25) is 0 Å². The van der Waals surface area contributed by atoms with Crippen LogP contribution in [0, 0.1) is 0 Å². The maximum absolute atomic E-state index is 3.79. The third-order valence-electron chi connectivity index (χ3n) is 4.45. The largest absolute Gasteiger partial charge is 0.366 e. The van der Waals surface area contributed by atoms with E-state index in [4.69, 9.17) is 0 Å². The number of benzene rings is 1. The van der Waals surface area contributed by atoms with E-state index in [-0.39, 0.29) is 0 Å². The number of rotatable bonds is 6. The molecule has 1 saturated carbocycles. The van der Waals surface area contributed by atoms with Gasteiger partial charge in [-0.1, -0.05) is 6.07 Å². The van der Waals surface area contributed by atoms with Crippen molar-refractivity contribution >= 4 is 21.6 Å². The van der Waals surface area contributed by atoms with Gasteiger partial charge in [0.05, 0.1) is 5.69 Å². The van der Waals surface area contributed by atoms with Crippen LogP contribution in [0.15, 0.2) is 22.7 Å². The van der Waals surface area contributed by atoms with Crippen molar-refractivity contribution < 1.29 is 0 Å². The molecule has 116 valence electrons. The van der Waals surface area contributed by atoms with E-state index in [0.717, 1.165) is 19.1 Å². The molecule has 4 heteroatoms. The van der Waals surface area contributed by atoms with Crippen molar-refractivity contribution in [2.45, 2.75) is 44.3 Å². The molecule has 0 aromatic heterocycles. The van der Waals surface area contributed by atoms with E-state index >= 15 is 0 Å². The zero-order chi connectivity index (χ0) is 14.8. The molecule has 1 aromatic rings. The molecule has 21 heavy (non-hydrogen) atoms. The molecule has 0 amide bonds. The average Bonchev–Trinajstić information content (AvgIpc) is 3.16. The number of anilines is 1. The van der Waals surface area contributed by atoms with Gasteiger partial charge in [-0.05, 0) is 73.4 Å². The molecular weight excluding hydrogens is 326 g/mol. The van der Waals surface area contributed by atoms with Crippen molar-refractivity contribution in [2.75, 3.05) is 32.1 Å². The molecule has 1 aromatic carbocycles. The Morgan fingerprint density at radius 1 is 1.29 bits per heavy atom. The second-order valence-electron chi connectivity index (χ2n) is 6.69. The fourth-order valence-corrected chi connectivity index (χ4v) is 3.86. The minimum atomic E-state index is 0.645. The summed E-state index contributed by atoms with van der Waals surface area (Å²) in [7, 11) is 4.33. The van der Waals surface area contributed by atoms with Crippen molar-refractivity contribution in [3.63, 3.8) is 0 Å². The summed E-state index contributed by atoms with van der Waals surface area (Å²) >= 11 is 3.79. The van der Waals surface area contributed by atoms with Gasteiger partial charge in [-0.15, -0.1) is 0 Å². The number of likely N-dealkylation sites (N-methyl/N-ethyl adjacent to an activating group) is 1. The lowest BCUT2D eigenvalue weighted by atomic mass is 10.1. The second-order valence-corrected chi connectivity index (χ2v) is 7.55. The van der Waals surface area contributed by atoms with Gasteiger partial charge < -0.3 is 15.1 Å². The summed E-state index contributed by atoms with van der Waals surface area (Å²) in [5.74, 6) is 0. The van der Waals surface area contributed by atoms with Crippen molar-refractivity contribution in [1.82, 2.24) is 10.2 Å². The van der Waals surface area contributed by atoms with Gasteiger partial charge in [-0.3, -0.25) is 0 Å². The van der Waals surface area contributed by atoms with Gasteiger partial charge in [0, 0.05) is 36.2 Å². The lowest BCUT2D eigenvalue weighted by molar-refractivity contribution is 0.372. The van der Waals surface area contributed by atoms with Crippen molar-refractivity contribution in [1.29, 1.82) is 0 Å². The average molecular weight is 352 g/mol. The summed E-state index contributed by atoms with van der Waals surface area (Å²) in [5.41, 5.74) is 2.73. The maximum atomic E-state index is 3.79. The van der Waals surface area contributed by atoms with Crippen LogP contribution in [-0.4, -0.2) is 44.2 Å². The zero-order valence-electron chi connectivity index (χ0n) is 13.1. The van der Waals surface area contributed by atoms with Crippen LogP contribution in [0.2, 0.25) is 0 Å². The van der Waals surface area contributed by atoms with Gasteiger partial charge in [0.1, 0.15) is 0 Å². The topological polar surface area (TPSA) is 18.5 Å². The zero-order valence-corrected chi connectivity index (χ0v) is 14.7. The fraction of sp³-hybridized carbons (Fsp3) is 0.647. The van der Waals surface area contributed by atoms with Gasteiger partial charge in [-0.2, -0.15) is 0 Å². The Hall–Kier alpha value is -0.580. The molecule has 0 bridgehead atoms. The molecule has 2 aliphatic rings. The van der Waals surface area contributed by atoms with E-state index in [0.29, 0.717) is 6.04 Å². The molecule has 1 unspecified atom stereocenters. The summed E-state index contributed by atoms with van der Waals surface area (Å²) < 4.78 is 1.24. The van der Waals surface area contributed by atoms with E-state index < -0.39 is 0 Å². The highest BCUT2D eigenvalue weighted by Crippen LogP contribution is 2.33. The summed E-state index contributed by atoms with van der Waals surface area (Å²) in [5, 5.41) is 3.58. The highest BCUT2D eigenvalue weighted by Gasteiger charge is 2.26. The number of hydrogen-bond acceptors (Lipinski definition) is 3. The molecule has 0 spiro atoms. The Morgan fingerprint density at radius 3 is 2.76 bits per heavy atom. The van der Waals surface area contributed by atoms with Crippen LogP contribution in [0.3, 0.4) is 0 Å².